The van der Waals surface area contributed by atoms with E-state index in [9.17, 15) is 4.79 Å². The molecule has 176 valence electrons. The van der Waals surface area contributed by atoms with Gasteiger partial charge in [-0.05, 0) is 63.5 Å². The first kappa shape index (κ1) is 24.2. The van der Waals surface area contributed by atoms with Crippen LogP contribution in [0.3, 0.4) is 0 Å². The van der Waals surface area contributed by atoms with Gasteiger partial charge >= 0.3 is 0 Å². The summed E-state index contributed by atoms with van der Waals surface area (Å²) in [7, 11) is 1.54. The molecule has 0 saturated heterocycles. The number of fused-ring (bicyclic) bond motifs is 1. The zero-order valence-corrected chi connectivity index (χ0v) is 21.0. The van der Waals surface area contributed by atoms with E-state index in [0.29, 0.717) is 43.1 Å². The van der Waals surface area contributed by atoms with Crippen LogP contribution in [0.15, 0.2) is 64.2 Å². The van der Waals surface area contributed by atoms with E-state index >= 15 is 0 Å². The normalized spacial score (nSPS) is 14.6. The van der Waals surface area contributed by atoms with Gasteiger partial charge in [0.2, 0.25) is 6.10 Å². The summed E-state index contributed by atoms with van der Waals surface area (Å²) in [6, 6.07) is 16.0. The molecule has 1 amide bonds. The topological polar surface area (TPSA) is 78.4 Å². The molecule has 0 bridgehead atoms. The predicted octanol–water partition coefficient (Wildman–Crippen LogP) is 5.63. The summed E-state index contributed by atoms with van der Waals surface area (Å²) in [5, 5.41) is 4.96. The molecule has 1 N–H and O–H groups in total. The molecule has 34 heavy (non-hydrogen) atoms. The number of hydrogen-bond donors (Lipinski definition) is 1. The molecule has 1 aliphatic rings. The number of methoxy groups -OCH3 is 1. The number of ether oxygens (including phenoxy) is 4. The highest BCUT2D eigenvalue weighted by Crippen LogP contribution is 2.37. The molecule has 0 saturated carbocycles. The van der Waals surface area contributed by atoms with E-state index < -0.39 is 12.0 Å². The maximum absolute atomic E-state index is 12.4. The molecule has 0 radical (unpaired) electrons. The van der Waals surface area contributed by atoms with Gasteiger partial charge < -0.3 is 18.9 Å². The number of nitrogens with zero attached hydrogens (tertiary/aromatic N) is 1. The van der Waals surface area contributed by atoms with Crippen LogP contribution in [-0.4, -0.2) is 31.9 Å². The Balaban J connectivity index is 1.39. The van der Waals surface area contributed by atoms with Gasteiger partial charge in [-0.3, -0.25) is 4.79 Å². The Morgan fingerprint density at radius 2 is 1.97 bits per heavy atom. The predicted molar refractivity (Wildman–Crippen MR) is 134 cm³/mol. The van der Waals surface area contributed by atoms with Crippen molar-refractivity contribution in [3.63, 3.8) is 0 Å². The van der Waals surface area contributed by atoms with Crippen LogP contribution in [-0.2, 0) is 11.4 Å². The number of halogens is 3. The quantitative estimate of drug-likeness (QED) is 0.296. The van der Waals surface area contributed by atoms with Crippen molar-refractivity contribution >= 4 is 51.3 Å². The summed E-state index contributed by atoms with van der Waals surface area (Å²) < 4.78 is 23.3. The second-order valence-corrected chi connectivity index (χ2v) is 8.84. The van der Waals surface area contributed by atoms with Crippen molar-refractivity contribution in [2.45, 2.75) is 12.7 Å². The summed E-state index contributed by atoms with van der Waals surface area (Å²) in [6.45, 7) is 0.366. The largest absolute Gasteiger partial charge is 0.493 e. The number of nitrogens with one attached hydrogen (secondary N) is 1. The fourth-order valence-electron chi connectivity index (χ4n) is 3.13. The average molecular weight is 566 g/mol. The fraction of sp³-hybridized carbons (Fsp3) is 0.167. The first-order chi connectivity index (χ1) is 16.4. The number of hydrogen-bond acceptors (Lipinski definition) is 6. The summed E-state index contributed by atoms with van der Waals surface area (Å²) in [5.74, 6) is 1.71. The molecule has 0 aliphatic carbocycles. The highest BCUT2D eigenvalue weighted by atomic mass is 79.9. The van der Waals surface area contributed by atoms with Crippen LogP contribution < -0.4 is 24.4 Å². The van der Waals surface area contributed by atoms with Gasteiger partial charge in [0.05, 0.1) is 27.8 Å². The van der Waals surface area contributed by atoms with Crippen LogP contribution in [0.5, 0.6) is 23.0 Å². The Kier molecular flexibility index (Phi) is 7.82. The highest BCUT2D eigenvalue weighted by molar-refractivity contribution is 9.10. The first-order valence-corrected chi connectivity index (χ1v) is 11.6. The van der Waals surface area contributed by atoms with Crippen LogP contribution in [0.2, 0.25) is 10.0 Å². The molecular weight excluding hydrogens is 547 g/mol. The van der Waals surface area contributed by atoms with E-state index in [1.54, 1.807) is 36.4 Å². The second kappa shape index (κ2) is 11.0. The monoisotopic (exact) mass is 564 g/mol. The summed E-state index contributed by atoms with van der Waals surface area (Å²) in [6.07, 6.45) is 0.691. The van der Waals surface area contributed by atoms with Gasteiger partial charge in [-0.2, -0.15) is 5.10 Å². The summed E-state index contributed by atoms with van der Waals surface area (Å²) >= 11 is 15.5. The van der Waals surface area contributed by atoms with Crippen molar-refractivity contribution in [2.24, 2.45) is 5.10 Å². The van der Waals surface area contributed by atoms with E-state index in [2.05, 4.69) is 26.5 Å². The zero-order valence-electron chi connectivity index (χ0n) is 17.9. The molecule has 10 heteroatoms. The molecule has 0 unspecified atom stereocenters. The minimum absolute atomic E-state index is 0.0998. The second-order valence-electron chi connectivity index (χ2n) is 7.17. The third kappa shape index (κ3) is 5.75. The van der Waals surface area contributed by atoms with Crippen molar-refractivity contribution in [3.8, 4) is 23.0 Å². The van der Waals surface area contributed by atoms with Crippen molar-refractivity contribution in [1.29, 1.82) is 0 Å². The zero-order chi connectivity index (χ0) is 24.1. The van der Waals surface area contributed by atoms with E-state index in [-0.39, 0.29) is 13.2 Å². The highest BCUT2D eigenvalue weighted by Gasteiger charge is 2.27. The number of hydrazone groups is 1. The molecular formula is C24H19BrCl2N2O5. The van der Waals surface area contributed by atoms with E-state index in [1.807, 2.05) is 18.2 Å². The molecule has 1 atom stereocenters. The molecule has 3 aromatic rings. The van der Waals surface area contributed by atoms with Gasteiger partial charge in [0.15, 0.2) is 23.0 Å². The van der Waals surface area contributed by atoms with Crippen LogP contribution in [0.1, 0.15) is 11.1 Å². The van der Waals surface area contributed by atoms with Crippen molar-refractivity contribution < 1.29 is 23.7 Å². The fourth-order valence-corrected chi connectivity index (χ4v) is 4.03. The summed E-state index contributed by atoms with van der Waals surface area (Å²) in [5.41, 5.74) is 4.01. The lowest BCUT2D eigenvalue weighted by molar-refractivity contribution is -0.130. The van der Waals surface area contributed by atoms with Crippen molar-refractivity contribution in [2.75, 3.05) is 13.7 Å². The number of carbonyl (C=O) groups is 1. The maximum atomic E-state index is 12.4. The average Bonchev–Trinajstić information content (AvgIpc) is 2.84. The first-order valence-electron chi connectivity index (χ1n) is 10.1. The Hall–Kier alpha value is -2.94. The summed E-state index contributed by atoms with van der Waals surface area (Å²) in [4.78, 5) is 12.4. The van der Waals surface area contributed by atoms with Gasteiger partial charge in [-0.25, -0.2) is 5.43 Å². The smallest absolute Gasteiger partial charge is 0.284 e. The van der Waals surface area contributed by atoms with Crippen LogP contribution in [0.25, 0.3) is 0 Å². The molecule has 1 aliphatic heterocycles. The lowest BCUT2D eigenvalue weighted by Crippen LogP contribution is -2.42. The lowest BCUT2D eigenvalue weighted by atomic mass is 10.2. The molecule has 0 aromatic heterocycles. The van der Waals surface area contributed by atoms with Gasteiger partial charge in [-0.15, -0.1) is 0 Å². The van der Waals surface area contributed by atoms with Gasteiger partial charge in [0, 0.05) is 0 Å². The third-order valence-electron chi connectivity index (χ3n) is 4.81. The van der Waals surface area contributed by atoms with Gasteiger partial charge in [0.1, 0.15) is 13.2 Å². The van der Waals surface area contributed by atoms with Crippen LogP contribution in [0, 0.1) is 0 Å². The van der Waals surface area contributed by atoms with Gasteiger partial charge in [-0.1, -0.05) is 41.4 Å². The maximum Gasteiger partial charge on any atom is 0.284 e. The standard InChI is InChI=1S/C24H19BrCl2N2O5/c1-31-21-10-15(8-16(25)23(21)33-12-14-6-7-17(26)18(27)9-14)11-28-29-24(30)22-13-32-19-4-2-3-5-20(19)34-22/h2-11,22H,12-13H2,1H3,(H,29,30)/b28-11-/t22-/m0/s1. The SMILES string of the molecule is COc1cc(/C=N\NC(=O)[C@@H]2COc3ccccc3O2)cc(Br)c1OCc1ccc(Cl)c(Cl)c1. The van der Waals surface area contributed by atoms with Crippen molar-refractivity contribution in [3.05, 3.63) is 80.2 Å². The molecule has 0 fully saturated rings. The molecule has 0 spiro atoms. The number of rotatable bonds is 7. The lowest BCUT2D eigenvalue weighted by Gasteiger charge is -2.24. The third-order valence-corrected chi connectivity index (χ3v) is 6.14. The van der Waals surface area contributed by atoms with Crippen LogP contribution in [0.4, 0.5) is 0 Å². The van der Waals surface area contributed by atoms with Crippen molar-refractivity contribution in [1.82, 2.24) is 5.43 Å². The molecule has 4 rings (SSSR count). The Morgan fingerprint density at radius 1 is 1.18 bits per heavy atom. The Bertz CT molecular complexity index is 1240. The minimum Gasteiger partial charge on any atom is -0.493 e. The van der Waals surface area contributed by atoms with E-state index in [4.69, 9.17) is 42.1 Å². The Labute approximate surface area is 214 Å². The Morgan fingerprint density at radius 3 is 2.74 bits per heavy atom. The number of amides is 1. The number of para-hydroxylation sites is 2. The van der Waals surface area contributed by atoms with Gasteiger partial charge in [0.25, 0.3) is 5.91 Å². The van der Waals surface area contributed by atoms with E-state index in [0.717, 1.165) is 5.56 Å². The molecule has 7 nitrogen and oxygen atoms in total. The number of benzene rings is 3. The number of carbonyl (C=O) groups excluding carboxylic acids is 1. The molecule has 1 heterocycles. The minimum atomic E-state index is -0.800. The van der Waals surface area contributed by atoms with Crippen LogP contribution >= 0.6 is 39.1 Å². The molecule has 3 aromatic carbocycles. The van der Waals surface area contributed by atoms with E-state index in [1.165, 1.54) is 13.3 Å².